The fourth-order valence-electron chi connectivity index (χ4n) is 1.22. The molecule has 0 aromatic rings. The number of rotatable bonds is 1. The van der Waals surface area contributed by atoms with E-state index < -0.39 is 0 Å². The Morgan fingerprint density at radius 2 is 2.18 bits per heavy atom. The van der Waals surface area contributed by atoms with Crippen LogP contribution in [-0.4, -0.2) is 18.9 Å². The van der Waals surface area contributed by atoms with Crippen molar-refractivity contribution in [1.29, 1.82) is 0 Å². The maximum absolute atomic E-state index is 4.42. The quantitative estimate of drug-likeness (QED) is 0.650. The van der Waals surface area contributed by atoms with E-state index in [4.69, 9.17) is 0 Å². The van der Waals surface area contributed by atoms with E-state index >= 15 is 0 Å². The van der Waals surface area contributed by atoms with Crippen LogP contribution < -0.4 is 5.32 Å². The molecule has 0 aromatic carbocycles. The maximum Gasteiger partial charge on any atom is 0.0962 e. The predicted octanol–water partition coefficient (Wildman–Crippen LogP) is 1.99. The lowest BCUT2D eigenvalue weighted by Gasteiger charge is -2.03. The molecule has 11 heavy (non-hydrogen) atoms. The van der Waals surface area contributed by atoms with Gasteiger partial charge in [-0.05, 0) is 19.8 Å². The van der Waals surface area contributed by atoms with Crippen molar-refractivity contribution in [3.05, 3.63) is 0 Å². The number of hydrogen-bond donors (Lipinski definition) is 1. The highest BCUT2D eigenvalue weighted by molar-refractivity contribution is 5.85. The highest BCUT2D eigenvalue weighted by Crippen LogP contribution is 2.05. The van der Waals surface area contributed by atoms with Gasteiger partial charge in [-0.1, -0.05) is 6.42 Å². The molecular formula is C8H17ClN2. The number of nitrogens with one attached hydrogen (secondary N) is 1. The van der Waals surface area contributed by atoms with E-state index in [0.717, 1.165) is 19.5 Å². The highest BCUT2D eigenvalue weighted by Gasteiger charge is 2.00. The smallest absolute Gasteiger partial charge is 0.0962 e. The van der Waals surface area contributed by atoms with Gasteiger partial charge in [0.2, 0.25) is 0 Å². The van der Waals surface area contributed by atoms with Crippen molar-refractivity contribution in [2.45, 2.75) is 32.6 Å². The Balaban J connectivity index is 0.000001000. The van der Waals surface area contributed by atoms with Gasteiger partial charge in [0.1, 0.15) is 0 Å². The molecule has 0 unspecified atom stereocenters. The fourth-order valence-corrected chi connectivity index (χ4v) is 1.22. The molecule has 3 heteroatoms. The van der Waals surface area contributed by atoms with Gasteiger partial charge >= 0.3 is 0 Å². The zero-order valence-electron chi connectivity index (χ0n) is 7.10. The predicted molar refractivity (Wildman–Crippen MR) is 51.7 cm³/mol. The second-order valence-corrected chi connectivity index (χ2v) is 2.67. The molecule has 0 bridgehead atoms. The molecule has 1 aliphatic rings. The molecule has 0 spiro atoms. The molecule has 0 aliphatic carbocycles. The Labute approximate surface area is 74.9 Å². The van der Waals surface area contributed by atoms with Crippen LogP contribution in [0, 0.1) is 0 Å². The summed E-state index contributed by atoms with van der Waals surface area (Å²) in [5.41, 5.74) is 0. The Kier molecular flexibility index (Phi) is 6.33. The van der Waals surface area contributed by atoms with Crippen LogP contribution in [0.1, 0.15) is 32.6 Å². The van der Waals surface area contributed by atoms with Crippen LogP contribution in [0.5, 0.6) is 0 Å². The van der Waals surface area contributed by atoms with E-state index in [1.165, 1.54) is 25.1 Å². The Hall–Kier alpha value is -0.240. The lowest BCUT2D eigenvalue weighted by atomic mass is 10.2. The summed E-state index contributed by atoms with van der Waals surface area (Å²) in [4.78, 5) is 4.42. The normalized spacial score (nSPS) is 17.7. The largest absolute Gasteiger partial charge is 0.374 e. The van der Waals surface area contributed by atoms with Gasteiger partial charge in [-0.25, -0.2) is 0 Å². The van der Waals surface area contributed by atoms with E-state index in [2.05, 4.69) is 17.2 Å². The first-order valence-electron chi connectivity index (χ1n) is 4.20. The van der Waals surface area contributed by atoms with Gasteiger partial charge in [0.25, 0.3) is 0 Å². The lowest BCUT2D eigenvalue weighted by Crippen LogP contribution is -2.22. The third kappa shape index (κ3) is 4.25. The first kappa shape index (κ1) is 10.8. The van der Waals surface area contributed by atoms with Crippen molar-refractivity contribution < 1.29 is 0 Å². The number of nitrogens with zero attached hydrogens (tertiary/aromatic N) is 1. The SMILES string of the molecule is CCNC1=NCCCCC1.Cl. The zero-order chi connectivity index (χ0) is 7.23. The minimum absolute atomic E-state index is 0. The summed E-state index contributed by atoms with van der Waals surface area (Å²) in [5, 5.41) is 3.27. The first-order chi connectivity index (χ1) is 4.93. The van der Waals surface area contributed by atoms with E-state index in [1.807, 2.05) is 0 Å². The van der Waals surface area contributed by atoms with Crippen LogP contribution in [0.25, 0.3) is 0 Å². The lowest BCUT2D eigenvalue weighted by molar-refractivity contribution is 0.729. The van der Waals surface area contributed by atoms with Gasteiger partial charge in [0.05, 0.1) is 5.84 Å². The van der Waals surface area contributed by atoms with Crippen molar-refractivity contribution in [2.24, 2.45) is 4.99 Å². The summed E-state index contributed by atoms with van der Waals surface area (Å²) in [7, 11) is 0. The average molecular weight is 177 g/mol. The molecule has 0 saturated carbocycles. The van der Waals surface area contributed by atoms with Crippen molar-refractivity contribution in [3.63, 3.8) is 0 Å². The Morgan fingerprint density at radius 3 is 2.91 bits per heavy atom. The van der Waals surface area contributed by atoms with Crippen LogP contribution in [0.15, 0.2) is 4.99 Å². The summed E-state index contributed by atoms with van der Waals surface area (Å²) in [5.74, 6) is 1.22. The topological polar surface area (TPSA) is 24.4 Å². The highest BCUT2D eigenvalue weighted by atomic mass is 35.5. The van der Waals surface area contributed by atoms with Gasteiger partial charge in [-0.15, -0.1) is 12.4 Å². The van der Waals surface area contributed by atoms with Crippen molar-refractivity contribution in [1.82, 2.24) is 5.32 Å². The van der Waals surface area contributed by atoms with Gasteiger partial charge < -0.3 is 5.32 Å². The van der Waals surface area contributed by atoms with Gasteiger partial charge in [0, 0.05) is 19.5 Å². The summed E-state index contributed by atoms with van der Waals surface area (Å²) < 4.78 is 0. The molecule has 0 radical (unpaired) electrons. The molecule has 1 N–H and O–H groups in total. The Morgan fingerprint density at radius 1 is 1.36 bits per heavy atom. The van der Waals surface area contributed by atoms with E-state index in [0.29, 0.717) is 0 Å². The third-order valence-electron chi connectivity index (χ3n) is 1.76. The molecular weight excluding hydrogens is 160 g/mol. The van der Waals surface area contributed by atoms with E-state index in [-0.39, 0.29) is 12.4 Å². The van der Waals surface area contributed by atoms with E-state index in [1.54, 1.807) is 0 Å². The second kappa shape index (κ2) is 6.47. The Bertz CT molecular complexity index is 123. The van der Waals surface area contributed by atoms with Gasteiger partial charge in [-0.2, -0.15) is 0 Å². The average Bonchev–Trinajstić information content (AvgIpc) is 2.17. The number of hydrogen-bond acceptors (Lipinski definition) is 2. The van der Waals surface area contributed by atoms with Crippen LogP contribution >= 0.6 is 12.4 Å². The molecule has 0 atom stereocenters. The molecule has 2 nitrogen and oxygen atoms in total. The summed E-state index contributed by atoms with van der Waals surface area (Å²) in [6.07, 6.45) is 5.09. The van der Waals surface area contributed by atoms with Gasteiger partial charge in [0.15, 0.2) is 0 Å². The molecule has 66 valence electrons. The molecule has 0 saturated heterocycles. The van der Waals surface area contributed by atoms with E-state index in [9.17, 15) is 0 Å². The van der Waals surface area contributed by atoms with Gasteiger partial charge in [-0.3, -0.25) is 4.99 Å². The van der Waals surface area contributed by atoms with Crippen molar-refractivity contribution in [3.8, 4) is 0 Å². The summed E-state index contributed by atoms with van der Waals surface area (Å²) in [6, 6.07) is 0. The molecule has 0 fully saturated rings. The molecule has 1 rings (SSSR count). The standard InChI is InChI=1S/C8H16N2.ClH/c1-2-9-8-6-4-3-5-7-10-8;/h2-7H2,1H3,(H,9,10);1H. The molecule has 1 heterocycles. The third-order valence-corrected chi connectivity index (χ3v) is 1.76. The van der Waals surface area contributed by atoms with Crippen LogP contribution in [-0.2, 0) is 0 Å². The second-order valence-electron chi connectivity index (χ2n) is 2.67. The van der Waals surface area contributed by atoms with Crippen LogP contribution in [0.3, 0.4) is 0 Å². The monoisotopic (exact) mass is 176 g/mol. The molecule has 0 aromatic heterocycles. The molecule has 0 amide bonds. The van der Waals surface area contributed by atoms with Crippen LogP contribution in [0.4, 0.5) is 0 Å². The number of halogens is 1. The minimum atomic E-state index is 0. The molecule has 1 aliphatic heterocycles. The minimum Gasteiger partial charge on any atom is -0.374 e. The zero-order valence-corrected chi connectivity index (χ0v) is 7.91. The van der Waals surface area contributed by atoms with Crippen molar-refractivity contribution in [2.75, 3.05) is 13.1 Å². The first-order valence-corrected chi connectivity index (χ1v) is 4.20. The maximum atomic E-state index is 4.42. The van der Waals surface area contributed by atoms with Crippen LogP contribution in [0.2, 0.25) is 0 Å². The summed E-state index contributed by atoms with van der Waals surface area (Å²) in [6.45, 7) is 4.16. The number of aliphatic imine (C=N–C) groups is 1. The van der Waals surface area contributed by atoms with Crippen molar-refractivity contribution >= 4 is 18.2 Å². The number of amidine groups is 1. The summed E-state index contributed by atoms with van der Waals surface area (Å²) >= 11 is 0. The fraction of sp³-hybridized carbons (Fsp3) is 0.875.